The maximum absolute atomic E-state index is 11.6. The summed E-state index contributed by atoms with van der Waals surface area (Å²) in [7, 11) is 0. The molecule has 1 aliphatic heterocycles. The summed E-state index contributed by atoms with van der Waals surface area (Å²) >= 11 is 0. The Morgan fingerprint density at radius 2 is 2.18 bits per heavy atom. The molecule has 1 atom stereocenters. The number of rotatable bonds is 2. The largest absolute Gasteiger partial charge is 0.478 e. The summed E-state index contributed by atoms with van der Waals surface area (Å²) in [6, 6.07) is 4.42. The van der Waals surface area contributed by atoms with E-state index in [0.29, 0.717) is 0 Å². The number of nitrogens with zero attached hydrogens (tertiary/aromatic N) is 1. The van der Waals surface area contributed by atoms with Gasteiger partial charge in [-0.15, -0.1) is 0 Å². The van der Waals surface area contributed by atoms with Gasteiger partial charge >= 0.3 is 5.97 Å². The van der Waals surface area contributed by atoms with Crippen LogP contribution < -0.4 is 10.6 Å². The van der Waals surface area contributed by atoms with Crippen LogP contribution in [0.1, 0.15) is 16.8 Å². The van der Waals surface area contributed by atoms with Crippen molar-refractivity contribution in [1.29, 1.82) is 0 Å². The molecule has 1 aliphatic rings. The number of benzene rings is 1. The van der Waals surface area contributed by atoms with Gasteiger partial charge in [0, 0.05) is 0 Å². The average molecular weight is 236 g/mol. The fourth-order valence-electron chi connectivity index (χ4n) is 1.94. The molecule has 1 saturated heterocycles. The van der Waals surface area contributed by atoms with Gasteiger partial charge in [-0.1, -0.05) is 6.07 Å². The first-order valence-corrected chi connectivity index (χ1v) is 5.11. The van der Waals surface area contributed by atoms with E-state index in [1.807, 2.05) is 0 Å². The Morgan fingerprint density at radius 3 is 2.71 bits per heavy atom. The molecule has 1 aromatic carbocycles. The highest BCUT2D eigenvalue weighted by Crippen LogP contribution is 2.31. The number of carboxylic acid groups (broad SMARTS) is 1. The Hall–Kier alpha value is -2.08. The van der Waals surface area contributed by atoms with Crippen molar-refractivity contribution in [2.24, 2.45) is 0 Å². The molecule has 1 amide bonds. The zero-order valence-electron chi connectivity index (χ0n) is 8.96. The van der Waals surface area contributed by atoms with Gasteiger partial charge in [-0.3, -0.25) is 4.79 Å². The van der Waals surface area contributed by atoms with Crippen LogP contribution in [0.4, 0.5) is 11.4 Å². The number of nitrogen functional groups attached to an aromatic ring is 1. The molecule has 0 aromatic heterocycles. The zero-order chi connectivity index (χ0) is 12.6. The molecule has 0 bridgehead atoms. The summed E-state index contributed by atoms with van der Waals surface area (Å²) in [6.45, 7) is 0.0767. The van der Waals surface area contributed by atoms with Crippen LogP contribution in [0.3, 0.4) is 0 Å². The first kappa shape index (κ1) is 11.4. The lowest BCUT2D eigenvalue weighted by atomic mass is 10.1. The zero-order valence-corrected chi connectivity index (χ0v) is 8.96. The molecule has 1 heterocycles. The number of para-hydroxylation sites is 1. The molecule has 2 rings (SSSR count). The van der Waals surface area contributed by atoms with Crippen LogP contribution in [0.25, 0.3) is 0 Å². The van der Waals surface area contributed by atoms with Gasteiger partial charge < -0.3 is 20.8 Å². The van der Waals surface area contributed by atoms with Gasteiger partial charge in [-0.2, -0.15) is 0 Å². The number of hydrogen-bond acceptors (Lipinski definition) is 4. The summed E-state index contributed by atoms with van der Waals surface area (Å²) in [5.74, 6) is -1.47. The van der Waals surface area contributed by atoms with E-state index in [-0.39, 0.29) is 35.8 Å². The Balaban J connectivity index is 2.51. The van der Waals surface area contributed by atoms with Crippen molar-refractivity contribution in [2.75, 3.05) is 17.2 Å². The first-order chi connectivity index (χ1) is 8.00. The third-order valence-corrected chi connectivity index (χ3v) is 2.67. The standard InChI is InChI=1S/C11H12N2O4/c12-8-3-1-2-7(11(16)17)10(8)13-5-6(14)4-9(13)15/h1-3,6,14H,4-5,12H2,(H,16,17). The highest BCUT2D eigenvalue weighted by molar-refractivity contribution is 6.06. The predicted molar refractivity (Wildman–Crippen MR) is 60.8 cm³/mol. The fourth-order valence-corrected chi connectivity index (χ4v) is 1.94. The van der Waals surface area contributed by atoms with Crippen LogP contribution in [0.2, 0.25) is 0 Å². The number of anilines is 2. The molecular weight excluding hydrogens is 224 g/mol. The minimum Gasteiger partial charge on any atom is -0.478 e. The highest BCUT2D eigenvalue weighted by Gasteiger charge is 2.32. The lowest BCUT2D eigenvalue weighted by Crippen LogP contribution is -2.28. The SMILES string of the molecule is Nc1cccc(C(=O)O)c1N1CC(O)CC1=O. The van der Waals surface area contributed by atoms with Crippen LogP contribution in [-0.2, 0) is 4.79 Å². The number of carboxylic acids is 1. The summed E-state index contributed by atoms with van der Waals surface area (Å²) < 4.78 is 0. The summed E-state index contributed by atoms with van der Waals surface area (Å²) in [5.41, 5.74) is 6.06. The molecule has 0 spiro atoms. The van der Waals surface area contributed by atoms with Crippen LogP contribution in [0.15, 0.2) is 18.2 Å². The summed E-state index contributed by atoms with van der Waals surface area (Å²) in [5, 5.41) is 18.4. The van der Waals surface area contributed by atoms with Gasteiger partial charge in [0.05, 0.1) is 36.0 Å². The Labute approximate surface area is 97.3 Å². The maximum atomic E-state index is 11.6. The van der Waals surface area contributed by atoms with Crippen LogP contribution in [-0.4, -0.2) is 34.7 Å². The van der Waals surface area contributed by atoms with Gasteiger partial charge in [-0.25, -0.2) is 4.79 Å². The number of aromatic carboxylic acids is 1. The van der Waals surface area contributed by atoms with Crippen molar-refractivity contribution < 1.29 is 19.8 Å². The molecular formula is C11H12N2O4. The third kappa shape index (κ3) is 1.94. The van der Waals surface area contributed by atoms with Crippen molar-refractivity contribution in [3.8, 4) is 0 Å². The van der Waals surface area contributed by atoms with Gasteiger partial charge in [0.25, 0.3) is 0 Å². The Kier molecular flexibility index (Phi) is 2.72. The average Bonchev–Trinajstić information content (AvgIpc) is 2.57. The third-order valence-electron chi connectivity index (χ3n) is 2.67. The Morgan fingerprint density at radius 1 is 1.47 bits per heavy atom. The van der Waals surface area contributed by atoms with Gasteiger partial charge in [0.2, 0.25) is 5.91 Å². The molecule has 0 aliphatic carbocycles. The quantitative estimate of drug-likeness (QED) is 0.630. The normalized spacial score (nSPS) is 19.7. The monoisotopic (exact) mass is 236 g/mol. The molecule has 6 nitrogen and oxygen atoms in total. The topological polar surface area (TPSA) is 104 Å². The molecule has 0 radical (unpaired) electrons. The van der Waals surface area contributed by atoms with Crippen molar-refractivity contribution >= 4 is 23.3 Å². The molecule has 1 fully saturated rings. The molecule has 17 heavy (non-hydrogen) atoms. The lowest BCUT2D eigenvalue weighted by Gasteiger charge is -2.20. The molecule has 1 aromatic rings. The second kappa shape index (κ2) is 4.06. The summed E-state index contributed by atoms with van der Waals surface area (Å²) in [4.78, 5) is 23.9. The minimum atomic E-state index is -1.15. The van der Waals surface area contributed by atoms with E-state index in [2.05, 4.69) is 0 Å². The van der Waals surface area contributed by atoms with Gasteiger partial charge in [-0.05, 0) is 12.1 Å². The molecule has 6 heteroatoms. The molecule has 4 N–H and O–H groups in total. The van der Waals surface area contributed by atoms with E-state index in [9.17, 15) is 14.7 Å². The van der Waals surface area contributed by atoms with E-state index in [4.69, 9.17) is 10.8 Å². The predicted octanol–water partition coefficient (Wildman–Crippen LogP) is 0.0646. The molecule has 90 valence electrons. The number of amides is 1. The van der Waals surface area contributed by atoms with Crippen molar-refractivity contribution in [3.05, 3.63) is 23.8 Å². The minimum absolute atomic E-state index is 0.00655. The second-order valence-corrected chi connectivity index (χ2v) is 3.91. The van der Waals surface area contributed by atoms with E-state index < -0.39 is 12.1 Å². The summed E-state index contributed by atoms with van der Waals surface area (Å²) in [6.07, 6.45) is -0.781. The number of carbonyl (C=O) groups excluding carboxylic acids is 1. The van der Waals surface area contributed by atoms with Crippen molar-refractivity contribution in [1.82, 2.24) is 0 Å². The Bertz CT molecular complexity index is 486. The van der Waals surface area contributed by atoms with E-state index >= 15 is 0 Å². The van der Waals surface area contributed by atoms with E-state index in [0.717, 1.165) is 0 Å². The number of nitrogens with two attached hydrogens (primary N) is 1. The first-order valence-electron chi connectivity index (χ1n) is 5.11. The number of β-amino-alcohol motifs (C(OH)–C–C–N with tert-alkyl or cyclic N) is 1. The number of aliphatic hydroxyl groups excluding tert-OH is 1. The van der Waals surface area contributed by atoms with E-state index in [1.54, 1.807) is 0 Å². The number of carbonyl (C=O) groups is 2. The number of hydrogen-bond donors (Lipinski definition) is 3. The van der Waals surface area contributed by atoms with Crippen molar-refractivity contribution in [2.45, 2.75) is 12.5 Å². The van der Waals surface area contributed by atoms with Crippen LogP contribution in [0.5, 0.6) is 0 Å². The number of aliphatic hydroxyl groups is 1. The molecule has 1 unspecified atom stereocenters. The van der Waals surface area contributed by atoms with Gasteiger partial charge in [0.15, 0.2) is 0 Å². The smallest absolute Gasteiger partial charge is 0.337 e. The fraction of sp³-hybridized carbons (Fsp3) is 0.273. The van der Waals surface area contributed by atoms with Crippen LogP contribution >= 0.6 is 0 Å². The lowest BCUT2D eigenvalue weighted by molar-refractivity contribution is -0.117. The molecule has 0 saturated carbocycles. The highest BCUT2D eigenvalue weighted by atomic mass is 16.4. The second-order valence-electron chi connectivity index (χ2n) is 3.91. The van der Waals surface area contributed by atoms with Gasteiger partial charge in [0.1, 0.15) is 0 Å². The van der Waals surface area contributed by atoms with Crippen LogP contribution in [0, 0.1) is 0 Å². The van der Waals surface area contributed by atoms with E-state index in [1.165, 1.54) is 23.1 Å². The maximum Gasteiger partial charge on any atom is 0.337 e. The van der Waals surface area contributed by atoms with Crippen molar-refractivity contribution in [3.63, 3.8) is 0 Å².